The first-order valence-corrected chi connectivity index (χ1v) is 22.8. The molecule has 8 aromatic carbocycles. The molecule has 0 radical (unpaired) electrons. The van der Waals surface area contributed by atoms with E-state index < -0.39 is 7.12 Å². The first kappa shape index (κ1) is 37.8. The first-order valence-electron chi connectivity index (χ1n) is 20.8. The zero-order valence-corrected chi connectivity index (χ0v) is 36.8. The van der Waals surface area contributed by atoms with E-state index in [-0.39, 0.29) is 11.2 Å². The fourth-order valence-corrected chi connectivity index (χ4v) is 11.6. The maximum atomic E-state index is 6.38. The van der Waals surface area contributed by atoms with Crippen molar-refractivity contribution in [3.63, 3.8) is 0 Å². The van der Waals surface area contributed by atoms with Crippen molar-refractivity contribution in [1.29, 1.82) is 0 Å². The Bertz CT molecular complexity index is 3740. The lowest BCUT2D eigenvalue weighted by Gasteiger charge is -2.32. The van der Waals surface area contributed by atoms with Gasteiger partial charge in [-0.1, -0.05) is 109 Å². The highest BCUT2D eigenvalue weighted by Gasteiger charge is 2.51. The number of thiophene rings is 2. The fourth-order valence-electron chi connectivity index (χ4n) is 8.95. The smallest absolute Gasteiger partial charge is 0.456 e. The summed E-state index contributed by atoms with van der Waals surface area (Å²) in [6.07, 6.45) is 0. The molecule has 1 aliphatic heterocycles. The van der Waals surface area contributed by atoms with Gasteiger partial charge in [-0.3, -0.25) is 0 Å². The SMILES string of the molecule is CC1(C)OB(c2ccc3c(c2)oc2cc(-c4cccc5c4sc4ccccc45)ccc23)OC1(C)C.Clc1ccc2c(c1)oc1cc(-c3cccc4c3sc3ccccc34)ccc12. The summed E-state index contributed by atoms with van der Waals surface area (Å²) < 4.78 is 30.2. The summed E-state index contributed by atoms with van der Waals surface area (Å²) in [5, 5.41) is 10.4. The molecule has 8 heteroatoms. The quantitative estimate of drug-likeness (QED) is 0.166. The minimum atomic E-state index is -0.404. The van der Waals surface area contributed by atoms with Crippen molar-refractivity contribution in [1.82, 2.24) is 0 Å². The Kier molecular flexibility index (Phi) is 8.57. The largest absolute Gasteiger partial charge is 0.494 e. The Balaban J connectivity index is 0.000000137. The van der Waals surface area contributed by atoms with E-state index >= 15 is 0 Å². The van der Waals surface area contributed by atoms with Crippen molar-refractivity contribution in [2.24, 2.45) is 0 Å². The van der Waals surface area contributed by atoms with Crippen LogP contribution in [0.25, 0.3) is 106 Å². The lowest BCUT2D eigenvalue weighted by atomic mass is 9.79. The van der Waals surface area contributed by atoms with Gasteiger partial charge >= 0.3 is 7.12 Å². The zero-order valence-electron chi connectivity index (χ0n) is 34.4. The molecule has 13 rings (SSSR count). The molecule has 62 heavy (non-hydrogen) atoms. The molecule has 12 aromatic rings. The van der Waals surface area contributed by atoms with Crippen molar-refractivity contribution in [3.8, 4) is 22.3 Å². The molecule has 0 saturated carbocycles. The van der Waals surface area contributed by atoms with Gasteiger partial charge in [-0.05, 0) is 110 Å². The highest BCUT2D eigenvalue weighted by Crippen LogP contribution is 2.43. The molecule has 0 aliphatic carbocycles. The van der Waals surface area contributed by atoms with E-state index in [9.17, 15) is 0 Å². The summed E-state index contributed by atoms with van der Waals surface area (Å²) in [6, 6.07) is 55.4. The minimum absolute atomic E-state index is 0.372. The number of rotatable bonds is 3. The second kappa shape index (κ2) is 14.0. The Morgan fingerprint density at radius 3 is 1.39 bits per heavy atom. The molecule has 1 aliphatic rings. The minimum Gasteiger partial charge on any atom is -0.456 e. The van der Waals surface area contributed by atoms with E-state index in [0.29, 0.717) is 5.02 Å². The lowest BCUT2D eigenvalue weighted by Crippen LogP contribution is -2.41. The summed E-state index contributed by atoms with van der Waals surface area (Å²) in [5.41, 5.74) is 8.52. The van der Waals surface area contributed by atoms with E-state index in [1.165, 1.54) is 62.6 Å². The van der Waals surface area contributed by atoms with Gasteiger partial charge in [-0.25, -0.2) is 0 Å². The van der Waals surface area contributed by atoms with Crippen LogP contribution in [0.5, 0.6) is 0 Å². The van der Waals surface area contributed by atoms with Gasteiger partial charge < -0.3 is 18.1 Å². The summed E-state index contributed by atoms with van der Waals surface area (Å²) in [4.78, 5) is 0. The van der Waals surface area contributed by atoms with E-state index in [1.54, 1.807) is 0 Å². The van der Waals surface area contributed by atoms with Crippen LogP contribution in [-0.4, -0.2) is 18.3 Å². The summed E-state index contributed by atoms with van der Waals surface area (Å²) in [6.45, 7) is 8.30. The van der Waals surface area contributed by atoms with Crippen LogP contribution in [0.3, 0.4) is 0 Å². The third kappa shape index (κ3) is 6.02. The second-order valence-corrected chi connectivity index (χ2v) is 19.7. The van der Waals surface area contributed by atoms with E-state index in [1.807, 2.05) is 40.9 Å². The molecule has 0 atom stereocenters. The van der Waals surface area contributed by atoms with Crippen LogP contribution in [0.2, 0.25) is 5.02 Å². The van der Waals surface area contributed by atoms with Gasteiger partial charge in [-0.15, -0.1) is 22.7 Å². The monoisotopic (exact) mass is 860 g/mol. The molecule has 5 heterocycles. The molecule has 0 bridgehead atoms. The van der Waals surface area contributed by atoms with Gasteiger partial charge in [0.1, 0.15) is 22.3 Å². The van der Waals surface area contributed by atoms with Crippen LogP contribution in [0.1, 0.15) is 27.7 Å². The molecular formula is C54H38BClO4S2. The van der Waals surface area contributed by atoms with Gasteiger partial charge in [0.2, 0.25) is 0 Å². The maximum absolute atomic E-state index is 6.38. The topological polar surface area (TPSA) is 44.7 Å². The van der Waals surface area contributed by atoms with Crippen molar-refractivity contribution < 1.29 is 18.1 Å². The Labute approximate surface area is 371 Å². The van der Waals surface area contributed by atoms with Gasteiger partial charge in [0.05, 0.1) is 11.2 Å². The average Bonchev–Trinajstić information content (AvgIpc) is 4.08. The molecule has 0 spiro atoms. The molecule has 1 fully saturated rings. The van der Waals surface area contributed by atoms with Crippen LogP contribution >= 0.6 is 34.3 Å². The van der Waals surface area contributed by atoms with Gasteiger partial charge in [0.15, 0.2) is 0 Å². The Hall–Kier alpha value is -5.93. The molecule has 4 aromatic heterocycles. The van der Waals surface area contributed by atoms with Crippen molar-refractivity contribution in [2.45, 2.75) is 38.9 Å². The van der Waals surface area contributed by atoms with Crippen molar-refractivity contribution >= 4 is 131 Å². The molecule has 1 saturated heterocycles. The van der Waals surface area contributed by atoms with Gasteiger partial charge in [0.25, 0.3) is 0 Å². The summed E-state index contributed by atoms with van der Waals surface area (Å²) in [7, 11) is -0.404. The molecule has 300 valence electrons. The number of hydrogen-bond acceptors (Lipinski definition) is 6. The van der Waals surface area contributed by atoms with Crippen LogP contribution in [0.4, 0.5) is 0 Å². The standard InChI is InChI=1S/C30H25BO3S.C24H13ClOS/c1-29(2)30(3,4)34-31(33-29)19-13-15-22-21-14-12-18(16-25(21)32-26(22)17-19)20-9-7-10-24-23-8-5-6-11-27(23)35-28(20)24;25-15-9-11-18-17-10-8-14(12-21(17)26-22(18)13-15)16-5-3-6-20-19-4-1-2-7-23(19)27-24(16)20/h5-17H,1-4H3;1-13H. The van der Waals surface area contributed by atoms with Crippen LogP contribution in [0, 0.1) is 0 Å². The molecule has 0 amide bonds. The average molecular weight is 861 g/mol. The first-order chi connectivity index (χ1) is 30.1. The highest BCUT2D eigenvalue weighted by atomic mass is 35.5. The molecule has 0 N–H and O–H groups in total. The number of fused-ring (bicyclic) bond motifs is 12. The Morgan fingerprint density at radius 1 is 0.419 bits per heavy atom. The molecular weight excluding hydrogens is 823 g/mol. The maximum Gasteiger partial charge on any atom is 0.494 e. The molecule has 0 unspecified atom stereocenters. The van der Waals surface area contributed by atoms with Gasteiger partial charge in [0, 0.05) is 73.0 Å². The fraction of sp³-hybridized carbons (Fsp3) is 0.111. The van der Waals surface area contributed by atoms with E-state index in [4.69, 9.17) is 29.7 Å². The van der Waals surface area contributed by atoms with Crippen LogP contribution in [-0.2, 0) is 9.31 Å². The predicted molar refractivity (Wildman–Crippen MR) is 265 cm³/mol. The molecule has 4 nitrogen and oxygen atoms in total. The third-order valence-corrected chi connectivity index (χ3v) is 15.6. The number of hydrogen-bond donors (Lipinski definition) is 0. The van der Waals surface area contributed by atoms with E-state index in [0.717, 1.165) is 49.3 Å². The lowest BCUT2D eigenvalue weighted by molar-refractivity contribution is 0.00578. The number of benzene rings is 8. The van der Waals surface area contributed by atoms with Crippen LogP contribution in [0.15, 0.2) is 167 Å². The zero-order chi connectivity index (χ0) is 41.9. The Morgan fingerprint density at radius 2 is 0.855 bits per heavy atom. The predicted octanol–water partition coefficient (Wildman–Crippen LogP) is 16.2. The second-order valence-electron chi connectivity index (χ2n) is 17.2. The van der Waals surface area contributed by atoms with E-state index in [2.05, 4.69) is 167 Å². The summed E-state index contributed by atoms with van der Waals surface area (Å²) in [5.74, 6) is 0. The van der Waals surface area contributed by atoms with Crippen molar-refractivity contribution in [3.05, 3.63) is 163 Å². The highest BCUT2D eigenvalue weighted by molar-refractivity contribution is 7.26. The normalized spacial score (nSPS) is 15.0. The van der Waals surface area contributed by atoms with Gasteiger partial charge in [-0.2, -0.15) is 0 Å². The van der Waals surface area contributed by atoms with Crippen LogP contribution < -0.4 is 5.46 Å². The summed E-state index contributed by atoms with van der Waals surface area (Å²) >= 11 is 9.82. The third-order valence-electron chi connectivity index (χ3n) is 12.9. The number of furan rings is 2. The van der Waals surface area contributed by atoms with Crippen molar-refractivity contribution in [2.75, 3.05) is 0 Å². The number of halogens is 1.